The van der Waals surface area contributed by atoms with Crippen LogP contribution in [0.25, 0.3) is 5.82 Å². The van der Waals surface area contributed by atoms with Crippen molar-refractivity contribution in [3.63, 3.8) is 0 Å². The van der Waals surface area contributed by atoms with Crippen molar-refractivity contribution in [2.45, 2.75) is 26.3 Å². The van der Waals surface area contributed by atoms with E-state index in [-0.39, 0.29) is 46.3 Å². The van der Waals surface area contributed by atoms with Crippen LogP contribution in [0.5, 0.6) is 0 Å². The second-order valence-electron chi connectivity index (χ2n) is 8.82. The quantitative estimate of drug-likeness (QED) is 0.253. The molecular formula is C25H22ClF3N8O4. The molecule has 0 unspecified atom stereocenters. The summed E-state index contributed by atoms with van der Waals surface area (Å²) in [6, 6.07) is 6.67. The molecule has 41 heavy (non-hydrogen) atoms. The number of likely N-dealkylation sites (N-methyl/N-ethyl adjacent to an activating group) is 1. The van der Waals surface area contributed by atoms with E-state index in [2.05, 4.69) is 30.2 Å². The standard InChI is InChI=1S/C25H22ClF3N8O4/c1-13-7-14(27)8-17(21(39)12-35(2)25(40)41-3)16(13)10-20(38)19-9-15(11-36-33-23(22(28)29)31-34-36)32-37(19)24-18(26)5-4-6-30-24/h4-9,22H,10-12H2,1-3H3. The first-order chi connectivity index (χ1) is 19.5. The Kier molecular flexibility index (Phi) is 8.76. The molecule has 0 fully saturated rings. The average Bonchev–Trinajstić information content (AvgIpc) is 3.57. The van der Waals surface area contributed by atoms with E-state index in [0.29, 0.717) is 5.56 Å². The molecule has 3 heterocycles. The molecule has 0 bridgehead atoms. The van der Waals surface area contributed by atoms with Gasteiger partial charge in [-0.25, -0.2) is 27.6 Å². The Labute approximate surface area is 235 Å². The second kappa shape index (κ2) is 12.2. The van der Waals surface area contributed by atoms with Crippen molar-refractivity contribution >= 4 is 29.3 Å². The molecule has 12 nitrogen and oxygen atoms in total. The summed E-state index contributed by atoms with van der Waals surface area (Å²) in [5, 5.41) is 15.0. The first-order valence-corrected chi connectivity index (χ1v) is 12.3. The van der Waals surface area contributed by atoms with E-state index in [1.165, 1.54) is 36.1 Å². The van der Waals surface area contributed by atoms with Gasteiger partial charge < -0.3 is 9.64 Å². The van der Waals surface area contributed by atoms with Crippen LogP contribution >= 0.6 is 11.6 Å². The highest BCUT2D eigenvalue weighted by Gasteiger charge is 2.25. The number of rotatable bonds is 10. The van der Waals surface area contributed by atoms with Crippen molar-refractivity contribution in [1.29, 1.82) is 0 Å². The monoisotopic (exact) mass is 590 g/mol. The number of methoxy groups -OCH3 is 1. The SMILES string of the molecule is COC(=O)N(C)CC(=O)c1cc(F)cc(C)c1CC(=O)c1cc(Cn2nnc(C(F)F)n2)nn1-c1ncccc1Cl. The van der Waals surface area contributed by atoms with Crippen LogP contribution in [0.3, 0.4) is 0 Å². The van der Waals surface area contributed by atoms with Gasteiger partial charge in [0.25, 0.3) is 0 Å². The van der Waals surface area contributed by atoms with Gasteiger partial charge in [-0.05, 0) is 53.6 Å². The zero-order chi connectivity index (χ0) is 29.8. The molecule has 0 saturated carbocycles. The molecule has 1 aromatic carbocycles. The lowest BCUT2D eigenvalue weighted by atomic mass is 9.93. The number of aromatic nitrogens is 7. The molecule has 3 aromatic heterocycles. The van der Waals surface area contributed by atoms with Crippen LogP contribution in [0.15, 0.2) is 36.5 Å². The number of hydrogen-bond donors (Lipinski definition) is 0. The number of pyridine rings is 1. The van der Waals surface area contributed by atoms with E-state index in [1.54, 1.807) is 13.0 Å². The summed E-state index contributed by atoms with van der Waals surface area (Å²) in [5.74, 6) is -2.52. The Bertz CT molecular complexity index is 1620. The number of carbonyl (C=O) groups is 3. The molecule has 4 rings (SSSR count). The van der Waals surface area contributed by atoms with Gasteiger partial charge in [-0.15, -0.1) is 10.2 Å². The summed E-state index contributed by atoms with van der Waals surface area (Å²) in [4.78, 5) is 44.6. The Morgan fingerprint density at radius 3 is 2.56 bits per heavy atom. The molecule has 4 aromatic rings. The van der Waals surface area contributed by atoms with Crippen molar-refractivity contribution in [1.82, 2.24) is 39.9 Å². The number of halogens is 4. The minimum absolute atomic E-state index is 0.0106. The molecule has 214 valence electrons. The van der Waals surface area contributed by atoms with Gasteiger partial charge in [0.15, 0.2) is 17.4 Å². The van der Waals surface area contributed by atoms with Gasteiger partial charge in [0, 0.05) is 25.2 Å². The number of tetrazole rings is 1. The summed E-state index contributed by atoms with van der Waals surface area (Å²) in [6.07, 6.45) is -2.62. The fourth-order valence-electron chi connectivity index (χ4n) is 3.98. The maximum absolute atomic E-state index is 14.3. The van der Waals surface area contributed by atoms with Crippen molar-refractivity contribution < 1.29 is 32.3 Å². The lowest BCUT2D eigenvalue weighted by Gasteiger charge is -2.17. The lowest BCUT2D eigenvalue weighted by molar-refractivity contribution is 0.0907. The molecule has 0 aliphatic rings. The topological polar surface area (TPSA) is 138 Å². The molecule has 16 heteroatoms. The number of amides is 1. The number of benzene rings is 1. The number of aryl methyl sites for hydroxylation is 1. The minimum Gasteiger partial charge on any atom is -0.453 e. The largest absolute Gasteiger partial charge is 0.453 e. The van der Waals surface area contributed by atoms with Crippen LogP contribution in [0.4, 0.5) is 18.0 Å². The number of ether oxygens (including phenoxy) is 1. The van der Waals surface area contributed by atoms with Crippen LogP contribution in [0.1, 0.15) is 49.9 Å². The van der Waals surface area contributed by atoms with Gasteiger partial charge in [-0.2, -0.15) is 9.90 Å². The fourth-order valence-corrected chi connectivity index (χ4v) is 4.19. The van der Waals surface area contributed by atoms with E-state index >= 15 is 0 Å². The first-order valence-electron chi connectivity index (χ1n) is 11.9. The smallest absolute Gasteiger partial charge is 0.409 e. The van der Waals surface area contributed by atoms with Gasteiger partial charge in [0.1, 0.15) is 18.1 Å². The highest BCUT2D eigenvalue weighted by Crippen LogP contribution is 2.24. The third-order valence-corrected chi connectivity index (χ3v) is 6.19. The molecule has 0 spiro atoms. The van der Waals surface area contributed by atoms with E-state index < -0.39 is 42.3 Å². The number of carbonyl (C=O) groups excluding carboxylic acids is 3. The highest BCUT2D eigenvalue weighted by atomic mass is 35.5. The van der Waals surface area contributed by atoms with E-state index in [1.807, 2.05) is 0 Å². The summed E-state index contributed by atoms with van der Waals surface area (Å²) in [6.45, 7) is 0.909. The fraction of sp³-hybridized carbons (Fsp3) is 0.280. The van der Waals surface area contributed by atoms with Gasteiger partial charge in [0.05, 0.1) is 24.4 Å². The third-order valence-electron chi connectivity index (χ3n) is 5.89. The first kappa shape index (κ1) is 29.3. The Morgan fingerprint density at radius 1 is 1.15 bits per heavy atom. The third kappa shape index (κ3) is 6.57. The molecule has 0 aliphatic heterocycles. The summed E-state index contributed by atoms with van der Waals surface area (Å²) in [5.41, 5.74) is 0.667. The van der Waals surface area contributed by atoms with Crippen molar-refractivity contribution in [3.8, 4) is 5.82 Å². The predicted molar refractivity (Wildman–Crippen MR) is 137 cm³/mol. The van der Waals surface area contributed by atoms with E-state index in [0.717, 1.165) is 22.9 Å². The Hall–Kier alpha value is -4.66. The predicted octanol–water partition coefficient (Wildman–Crippen LogP) is 3.65. The summed E-state index contributed by atoms with van der Waals surface area (Å²) in [7, 11) is 2.49. The number of nitrogens with zero attached hydrogens (tertiary/aromatic N) is 8. The van der Waals surface area contributed by atoms with Gasteiger partial charge in [0.2, 0.25) is 5.82 Å². The van der Waals surface area contributed by atoms with Crippen molar-refractivity contribution in [2.75, 3.05) is 20.7 Å². The van der Waals surface area contributed by atoms with Crippen LogP contribution in [0, 0.1) is 12.7 Å². The highest BCUT2D eigenvalue weighted by molar-refractivity contribution is 6.32. The lowest BCUT2D eigenvalue weighted by Crippen LogP contribution is -2.32. The van der Waals surface area contributed by atoms with Gasteiger partial charge in [-0.3, -0.25) is 9.59 Å². The van der Waals surface area contributed by atoms with Crippen molar-refractivity contribution in [3.05, 3.63) is 81.3 Å². The number of hydrogen-bond acceptors (Lipinski definition) is 9. The maximum Gasteiger partial charge on any atom is 0.409 e. The molecule has 0 atom stereocenters. The van der Waals surface area contributed by atoms with Crippen LogP contribution < -0.4 is 0 Å². The second-order valence-corrected chi connectivity index (χ2v) is 9.23. The molecule has 0 aliphatic carbocycles. The zero-order valence-corrected chi connectivity index (χ0v) is 22.6. The molecule has 1 amide bonds. The molecule has 0 radical (unpaired) electrons. The minimum atomic E-state index is -2.92. The Balaban J connectivity index is 1.71. The average molecular weight is 591 g/mol. The van der Waals surface area contributed by atoms with Crippen LogP contribution in [0.2, 0.25) is 5.02 Å². The maximum atomic E-state index is 14.3. The molecule has 0 saturated heterocycles. The van der Waals surface area contributed by atoms with Crippen LogP contribution in [-0.4, -0.2) is 78.2 Å². The van der Waals surface area contributed by atoms with Gasteiger partial charge >= 0.3 is 12.5 Å². The van der Waals surface area contributed by atoms with Crippen LogP contribution in [-0.2, 0) is 17.7 Å². The van der Waals surface area contributed by atoms with E-state index in [9.17, 15) is 27.6 Å². The Morgan fingerprint density at radius 2 is 1.90 bits per heavy atom. The zero-order valence-electron chi connectivity index (χ0n) is 21.9. The molecule has 0 N–H and O–H groups in total. The normalized spacial score (nSPS) is 11.1. The molecular weight excluding hydrogens is 569 g/mol. The summed E-state index contributed by atoms with van der Waals surface area (Å²) < 4.78 is 45.9. The van der Waals surface area contributed by atoms with Gasteiger partial charge in [-0.1, -0.05) is 11.6 Å². The number of Topliss-reactive ketones (excluding diaryl/α,β-unsaturated/α-hetero) is 2. The van der Waals surface area contributed by atoms with E-state index in [4.69, 9.17) is 11.6 Å². The number of alkyl halides is 2. The summed E-state index contributed by atoms with van der Waals surface area (Å²) >= 11 is 6.31. The number of ketones is 2. The van der Waals surface area contributed by atoms with Crippen molar-refractivity contribution in [2.24, 2.45) is 0 Å².